The summed E-state index contributed by atoms with van der Waals surface area (Å²) in [6.07, 6.45) is 9.23. The molecule has 2 aliphatic rings. The van der Waals surface area contributed by atoms with E-state index in [0.717, 1.165) is 33.5 Å². The molecule has 43 heavy (non-hydrogen) atoms. The summed E-state index contributed by atoms with van der Waals surface area (Å²) >= 11 is 0. The summed E-state index contributed by atoms with van der Waals surface area (Å²) in [5.74, 6) is -2.59. The van der Waals surface area contributed by atoms with Crippen molar-refractivity contribution in [2.45, 2.75) is 60.3 Å². The third-order valence-corrected chi connectivity index (χ3v) is 8.12. The highest BCUT2D eigenvalue weighted by atomic mass is 16.4. The lowest BCUT2D eigenvalue weighted by atomic mass is 10.00. The second kappa shape index (κ2) is 12.5. The molecule has 0 unspecified atom stereocenters. The number of carbonyl (C=O) groups excluding carboxylic acids is 2. The Morgan fingerprint density at radius 1 is 0.907 bits per heavy atom. The molecule has 0 spiro atoms. The van der Waals surface area contributed by atoms with Gasteiger partial charge in [0.1, 0.15) is 0 Å². The van der Waals surface area contributed by atoms with Gasteiger partial charge in [-0.25, -0.2) is 4.99 Å². The van der Waals surface area contributed by atoms with E-state index in [-0.39, 0.29) is 43.4 Å². The molecule has 1 saturated heterocycles. The summed E-state index contributed by atoms with van der Waals surface area (Å²) in [7, 11) is 0. The van der Waals surface area contributed by atoms with Crippen LogP contribution in [-0.4, -0.2) is 49.6 Å². The first-order chi connectivity index (χ1) is 20.4. The highest BCUT2D eigenvalue weighted by Crippen LogP contribution is 2.29. The summed E-state index contributed by atoms with van der Waals surface area (Å²) in [4.78, 5) is 58.6. The van der Waals surface area contributed by atoms with E-state index in [1.165, 1.54) is 6.08 Å². The van der Waals surface area contributed by atoms with Crippen molar-refractivity contribution in [3.63, 3.8) is 0 Å². The monoisotopic (exact) mass is 584 g/mol. The van der Waals surface area contributed by atoms with E-state index in [4.69, 9.17) is 0 Å². The summed E-state index contributed by atoms with van der Waals surface area (Å²) < 4.78 is 0. The zero-order valence-electron chi connectivity index (χ0n) is 25.0. The van der Waals surface area contributed by atoms with Crippen molar-refractivity contribution in [3.8, 4) is 0 Å². The van der Waals surface area contributed by atoms with Crippen LogP contribution in [0.15, 0.2) is 46.1 Å². The van der Waals surface area contributed by atoms with E-state index < -0.39 is 11.9 Å². The molecule has 0 bridgehead atoms. The highest BCUT2D eigenvalue weighted by Gasteiger charge is 2.29. The number of carbonyl (C=O) groups is 4. The Kier molecular flexibility index (Phi) is 8.99. The zero-order valence-corrected chi connectivity index (χ0v) is 25.0. The Morgan fingerprint density at radius 3 is 2.14 bits per heavy atom. The van der Waals surface area contributed by atoms with Crippen LogP contribution in [0.3, 0.4) is 0 Å². The molecule has 5 N–H and O–H groups in total. The number of rotatable bonds is 10. The first-order valence-corrected chi connectivity index (χ1v) is 14.1. The van der Waals surface area contributed by atoms with Crippen molar-refractivity contribution < 1.29 is 29.4 Å². The van der Waals surface area contributed by atoms with Crippen molar-refractivity contribution in [1.29, 1.82) is 0 Å². The van der Waals surface area contributed by atoms with E-state index in [2.05, 4.69) is 26.9 Å². The maximum atomic E-state index is 12.3. The average Bonchev–Trinajstić information content (AvgIpc) is 3.59. The molecule has 0 radical (unpaired) electrons. The molecule has 224 valence electrons. The quantitative estimate of drug-likeness (QED) is 0.288. The fraction of sp³-hybridized carbons (Fsp3) is 0.303. The maximum absolute atomic E-state index is 12.3. The molecule has 1 atom stereocenters. The second-order valence-electron chi connectivity index (χ2n) is 10.7. The van der Waals surface area contributed by atoms with Gasteiger partial charge in [0.25, 0.3) is 5.91 Å². The van der Waals surface area contributed by atoms with Crippen molar-refractivity contribution in [2.24, 2.45) is 10.9 Å². The Labute approximate surface area is 249 Å². The number of nitrogens with one attached hydrogen (secondary N) is 3. The minimum Gasteiger partial charge on any atom is -0.481 e. The molecular formula is C33H36N4O6. The number of amides is 2. The van der Waals surface area contributed by atoms with Gasteiger partial charge in [-0.1, -0.05) is 18.7 Å². The number of allylic oxidation sites excluding steroid dienone is 3. The minimum atomic E-state index is -0.934. The Morgan fingerprint density at radius 2 is 1.56 bits per heavy atom. The third kappa shape index (κ3) is 6.28. The van der Waals surface area contributed by atoms with Gasteiger partial charge in [0, 0.05) is 46.2 Å². The lowest BCUT2D eigenvalue weighted by Gasteiger charge is -2.03. The Balaban J connectivity index is 1.91. The SMILES string of the molecule is C=CC1=C(C)C(C=c2[nH]/c(=C\c3[nH]c(/C=C4\NC(=O)[C@H](C)\C4=C\C)c(C)c3CCC(=O)O)c(CCC(=O)O)c2C)=NC1=O. The third-order valence-electron chi connectivity index (χ3n) is 8.12. The van der Waals surface area contributed by atoms with Crippen LogP contribution in [0.2, 0.25) is 0 Å². The number of aliphatic imine (C=N–C) groups is 1. The standard InChI is InChI=1S/C33H36N4O6/c1-7-20-19(6)32(42)37-27(20)14-25-18(5)23(10-12-31(40)41)29(35-25)15-28-22(9-11-30(38)39)17(4)24(34-28)13-26-16(3)21(8-2)33(43)36-26/h7-8,13-15,19,34-35H,2,9-12H2,1,3-6H3,(H,37,42)(H,38,39)(H,40,41)/b20-7-,24-13?,27-14-,28-15-/t19-/m1/s1. The van der Waals surface area contributed by atoms with Crippen LogP contribution >= 0.6 is 0 Å². The Bertz CT molecular complexity index is 1810. The van der Waals surface area contributed by atoms with Crippen LogP contribution in [0.1, 0.15) is 67.3 Å². The first kappa shape index (κ1) is 31.0. The van der Waals surface area contributed by atoms with Crippen LogP contribution in [0, 0.1) is 19.8 Å². The maximum Gasteiger partial charge on any atom is 0.303 e. The normalized spacial score (nSPS) is 19.7. The topological polar surface area (TPSA) is 165 Å². The van der Waals surface area contributed by atoms with Crippen molar-refractivity contribution in [2.75, 3.05) is 0 Å². The van der Waals surface area contributed by atoms with Gasteiger partial charge in [0.15, 0.2) is 0 Å². The number of carboxylic acids is 2. The van der Waals surface area contributed by atoms with Crippen LogP contribution in [0.4, 0.5) is 0 Å². The summed E-state index contributed by atoms with van der Waals surface area (Å²) in [6, 6.07) is 0. The highest BCUT2D eigenvalue weighted by molar-refractivity contribution is 6.31. The van der Waals surface area contributed by atoms with Crippen LogP contribution in [0.25, 0.3) is 18.2 Å². The van der Waals surface area contributed by atoms with Crippen molar-refractivity contribution >= 4 is 47.7 Å². The average molecular weight is 585 g/mol. The molecule has 2 aromatic heterocycles. The molecule has 4 heterocycles. The number of nitrogens with zero attached hydrogens (tertiary/aromatic N) is 1. The smallest absolute Gasteiger partial charge is 0.303 e. The molecule has 2 aliphatic heterocycles. The lowest BCUT2D eigenvalue weighted by molar-refractivity contribution is -0.138. The van der Waals surface area contributed by atoms with Gasteiger partial charge >= 0.3 is 11.9 Å². The van der Waals surface area contributed by atoms with Crippen LogP contribution in [-0.2, 0) is 32.0 Å². The Hall–Kier alpha value is -4.99. The largest absolute Gasteiger partial charge is 0.481 e. The molecule has 10 heteroatoms. The van der Waals surface area contributed by atoms with Crippen molar-refractivity contribution in [1.82, 2.24) is 15.3 Å². The van der Waals surface area contributed by atoms with E-state index in [1.54, 1.807) is 13.0 Å². The molecule has 0 aliphatic carbocycles. The molecule has 1 fully saturated rings. The zero-order chi connectivity index (χ0) is 31.6. The lowest BCUT2D eigenvalue weighted by Crippen LogP contribution is -2.16. The predicted molar refractivity (Wildman–Crippen MR) is 165 cm³/mol. The summed E-state index contributed by atoms with van der Waals surface area (Å²) in [6.45, 7) is 13.0. The van der Waals surface area contributed by atoms with Gasteiger partial charge in [0.2, 0.25) is 5.91 Å². The van der Waals surface area contributed by atoms with Crippen molar-refractivity contribution in [3.05, 3.63) is 85.5 Å². The number of aromatic nitrogens is 2. The molecular weight excluding hydrogens is 548 g/mol. The van der Waals surface area contributed by atoms with Crippen LogP contribution in [0.5, 0.6) is 0 Å². The van der Waals surface area contributed by atoms with E-state index in [9.17, 15) is 29.4 Å². The number of carboxylic acid groups (broad SMARTS) is 2. The number of H-pyrrole nitrogens is 2. The molecule has 0 saturated carbocycles. The summed E-state index contributed by atoms with van der Waals surface area (Å²) in [5, 5.41) is 23.1. The molecule has 10 nitrogen and oxygen atoms in total. The fourth-order valence-electron chi connectivity index (χ4n) is 5.57. The molecule has 2 aromatic rings. The van der Waals surface area contributed by atoms with Gasteiger partial charge in [-0.3, -0.25) is 19.2 Å². The van der Waals surface area contributed by atoms with Gasteiger partial charge in [-0.2, -0.15) is 0 Å². The number of hydrogen-bond acceptors (Lipinski definition) is 4. The van der Waals surface area contributed by atoms with Gasteiger partial charge in [0.05, 0.1) is 11.6 Å². The fourth-order valence-corrected chi connectivity index (χ4v) is 5.57. The van der Waals surface area contributed by atoms with E-state index in [1.807, 2.05) is 45.9 Å². The number of aliphatic carboxylic acids is 2. The van der Waals surface area contributed by atoms with Gasteiger partial charge < -0.3 is 25.5 Å². The van der Waals surface area contributed by atoms with Gasteiger partial charge in [-0.05, 0) is 99.1 Å². The molecule has 2 amide bonds. The van der Waals surface area contributed by atoms with Gasteiger partial charge in [-0.15, -0.1) is 0 Å². The van der Waals surface area contributed by atoms with Crippen LogP contribution < -0.4 is 16.0 Å². The number of aromatic amines is 2. The van der Waals surface area contributed by atoms with E-state index in [0.29, 0.717) is 38.9 Å². The number of hydrogen-bond donors (Lipinski definition) is 5. The molecule has 0 aromatic carbocycles. The summed E-state index contributed by atoms with van der Waals surface area (Å²) in [5.41, 5.74) is 7.87. The second-order valence-corrected chi connectivity index (χ2v) is 10.7. The molecule has 4 rings (SSSR count). The minimum absolute atomic E-state index is 0.0802. The first-order valence-electron chi connectivity index (χ1n) is 14.1. The van der Waals surface area contributed by atoms with E-state index >= 15 is 0 Å². The predicted octanol–water partition coefficient (Wildman–Crippen LogP) is 3.14.